The molecule has 1 nitrogen and oxygen atoms in total. The predicted molar refractivity (Wildman–Crippen MR) is 47.5 cm³/mol. The third kappa shape index (κ3) is 2.19. The summed E-state index contributed by atoms with van der Waals surface area (Å²) >= 11 is 0. The van der Waals surface area contributed by atoms with Gasteiger partial charge >= 0.3 is 0 Å². The summed E-state index contributed by atoms with van der Waals surface area (Å²) in [5.74, 6) is 2.71. The van der Waals surface area contributed by atoms with E-state index >= 15 is 0 Å². The van der Waals surface area contributed by atoms with Gasteiger partial charge in [-0.25, -0.2) is 0 Å². The van der Waals surface area contributed by atoms with E-state index in [9.17, 15) is 0 Å². The van der Waals surface area contributed by atoms with E-state index in [0.717, 1.165) is 24.4 Å². The van der Waals surface area contributed by atoms with Crippen LogP contribution in [0.3, 0.4) is 0 Å². The normalized spacial score (nSPS) is 37.9. The molecule has 1 aliphatic rings. The van der Waals surface area contributed by atoms with Crippen LogP contribution in [0.15, 0.2) is 0 Å². The van der Waals surface area contributed by atoms with Crippen molar-refractivity contribution in [1.82, 2.24) is 0 Å². The van der Waals surface area contributed by atoms with Crippen molar-refractivity contribution in [2.45, 2.75) is 33.1 Å². The average Bonchev–Trinajstić information content (AvgIpc) is 2.32. The lowest BCUT2D eigenvalue weighted by atomic mass is 9.95. The first-order valence-corrected chi connectivity index (χ1v) is 4.76. The van der Waals surface area contributed by atoms with E-state index in [1.165, 1.54) is 19.3 Å². The third-order valence-corrected chi connectivity index (χ3v) is 2.98. The highest BCUT2D eigenvalue weighted by Crippen LogP contribution is 2.37. The van der Waals surface area contributed by atoms with Crippen LogP contribution in [0.4, 0.5) is 0 Å². The van der Waals surface area contributed by atoms with Crippen molar-refractivity contribution in [1.29, 1.82) is 0 Å². The molecular formula is C10H20O. The van der Waals surface area contributed by atoms with Crippen LogP contribution in [0.2, 0.25) is 0 Å². The lowest BCUT2D eigenvalue weighted by Gasteiger charge is -2.15. The van der Waals surface area contributed by atoms with Gasteiger partial charge in [0.2, 0.25) is 0 Å². The molecule has 11 heavy (non-hydrogen) atoms. The summed E-state index contributed by atoms with van der Waals surface area (Å²) in [5.41, 5.74) is 0. The van der Waals surface area contributed by atoms with Gasteiger partial charge in [-0.1, -0.05) is 20.3 Å². The summed E-state index contributed by atoms with van der Waals surface area (Å²) in [6.45, 7) is 5.63. The Balaban J connectivity index is 2.37. The standard InChI is InChI=1S/C10H20O/c1-4-9-5-8(2)6-10(9)7-11-3/h8-10H,4-7H2,1-3H3. The highest BCUT2D eigenvalue weighted by atomic mass is 16.5. The van der Waals surface area contributed by atoms with E-state index in [-0.39, 0.29) is 0 Å². The van der Waals surface area contributed by atoms with Crippen LogP contribution in [-0.2, 0) is 4.74 Å². The van der Waals surface area contributed by atoms with E-state index < -0.39 is 0 Å². The molecule has 0 bridgehead atoms. The molecule has 0 radical (unpaired) electrons. The van der Waals surface area contributed by atoms with Gasteiger partial charge in [0.05, 0.1) is 0 Å². The van der Waals surface area contributed by atoms with Gasteiger partial charge in [0.15, 0.2) is 0 Å². The van der Waals surface area contributed by atoms with Gasteiger partial charge in [-0.05, 0) is 30.6 Å². The fourth-order valence-electron chi connectivity index (χ4n) is 2.43. The molecule has 1 heteroatoms. The summed E-state index contributed by atoms with van der Waals surface area (Å²) in [7, 11) is 1.82. The third-order valence-electron chi connectivity index (χ3n) is 2.98. The first-order valence-electron chi connectivity index (χ1n) is 4.76. The monoisotopic (exact) mass is 156 g/mol. The Morgan fingerprint density at radius 2 is 1.91 bits per heavy atom. The molecule has 0 N–H and O–H groups in total. The van der Waals surface area contributed by atoms with Gasteiger partial charge in [0.25, 0.3) is 0 Å². The van der Waals surface area contributed by atoms with E-state index in [1.807, 2.05) is 7.11 Å². The number of ether oxygens (including phenoxy) is 1. The lowest BCUT2D eigenvalue weighted by molar-refractivity contribution is 0.131. The minimum absolute atomic E-state index is 0.847. The smallest absolute Gasteiger partial charge is 0.0493 e. The quantitative estimate of drug-likeness (QED) is 0.610. The van der Waals surface area contributed by atoms with Crippen LogP contribution in [0.1, 0.15) is 33.1 Å². The van der Waals surface area contributed by atoms with Crippen LogP contribution in [0.25, 0.3) is 0 Å². The number of hydrogen-bond acceptors (Lipinski definition) is 1. The maximum atomic E-state index is 5.21. The summed E-state index contributed by atoms with van der Waals surface area (Å²) in [4.78, 5) is 0. The van der Waals surface area contributed by atoms with Crippen molar-refractivity contribution in [3.05, 3.63) is 0 Å². The molecular weight excluding hydrogens is 136 g/mol. The van der Waals surface area contributed by atoms with Crippen molar-refractivity contribution >= 4 is 0 Å². The zero-order valence-electron chi connectivity index (χ0n) is 7.97. The maximum Gasteiger partial charge on any atom is 0.0493 e. The van der Waals surface area contributed by atoms with E-state index in [0.29, 0.717) is 0 Å². The van der Waals surface area contributed by atoms with Crippen LogP contribution in [0.5, 0.6) is 0 Å². The van der Waals surface area contributed by atoms with Crippen molar-refractivity contribution in [3.8, 4) is 0 Å². The lowest BCUT2D eigenvalue weighted by Crippen LogP contribution is -2.12. The van der Waals surface area contributed by atoms with Gasteiger partial charge < -0.3 is 4.74 Å². The largest absolute Gasteiger partial charge is 0.384 e. The fourth-order valence-corrected chi connectivity index (χ4v) is 2.43. The van der Waals surface area contributed by atoms with Gasteiger partial charge in [-0.3, -0.25) is 0 Å². The molecule has 1 aliphatic carbocycles. The first kappa shape index (κ1) is 9.05. The SMILES string of the molecule is CCC1CC(C)CC1COC. The Hall–Kier alpha value is -0.0400. The molecule has 3 atom stereocenters. The fraction of sp³-hybridized carbons (Fsp3) is 1.00. The van der Waals surface area contributed by atoms with Crippen molar-refractivity contribution < 1.29 is 4.74 Å². The Labute approximate surface area is 70.1 Å². The van der Waals surface area contributed by atoms with Crippen LogP contribution in [0, 0.1) is 17.8 Å². The predicted octanol–water partition coefficient (Wildman–Crippen LogP) is 2.71. The minimum atomic E-state index is 0.847. The second-order valence-corrected chi connectivity index (χ2v) is 3.96. The Morgan fingerprint density at radius 1 is 1.27 bits per heavy atom. The molecule has 0 saturated heterocycles. The highest BCUT2D eigenvalue weighted by Gasteiger charge is 2.30. The number of rotatable bonds is 3. The molecule has 1 saturated carbocycles. The zero-order valence-corrected chi connectivity index (χ0v) is 7.97. The summed E-state index contributed by atoms with van der Waals surface area (Å²) in [6, 6.07) is 0. The zero-order chi connectivity index (χ0) is 8.27. The van der Waals surface area contributed by atoms with E-state index in [1.54, 1.807) is 0 Å². The van der Waals surface area contributed by atoms with Crippen LogP contribution >= 0.6 is 0 Å². The molecule has 0 aliphatic heterocycles. The van der Waals surface area contributed by atoms with Crippen LogP contribution < -0.4 is 0 Å². The maximum absolute atomic E-state index is 5.21. The molecule has 1 rings (SSSR count). The van der Waals surface area contributed by atoms with Crippen molar-refractivity contribution in [2.75, 3.05) is 13.7 Å². The molecule has 0 amide bonds. The molecule has 0 aromatic rings. The highest BCUT2D eigenvalue weighted by molar-refractivity contribution is 4.80. The van der Waals surface area contributed by atoms with Crippen molar-refractivity contribution in [3.63, 3.8) is 0 Å². The molecule has 66 valence electrons. The molecule has 0 aromatic heterocycles. The van der Waals surface area contributed by atoms with Gasteiger partial charge in [-0.15, -0.1) is 0 Å². The summed E-state index contributed by atoms with van der Waals surface area (Å²) in [6.07, 6.45) is 4.13. The summed E-state index contributed by atoms with van der Waals surface area (Å²) < 4.78 is 5.21. The Kier molecular flexibility index (Phi) is 3.38. The van der Waals surface area contributed by atoms with Gasteiger partial charge in [0, 0.05) is 13.7 Å². The topological polar surface area (TPSA) is 9.23 Å². The molecule has 3 unspecified atom stereocenters. The molecule has 1 fully saturated rings. The van der Waals surface area contributed by atoms with Gasteiger partial charge in [0.1, 0.15) is 0 Å². The second-order valence-electron chi connectivity index (χ2n) is 3.96. The summed E-state index contributed by atoms with van der Waals surface area (Å²) in [5, 5.41) is 0. The second kappa shape index (κ2) is 4.10. The average molecular weight is 156 g/mol. The Bertz CT molecular complexity index is 111. The molecule has 0 heterocycles. The number of hydrogen-bond donors (Lipinski definition) is 0. The number of methoxy groups -OCH3 is 1. The minimum Gasteiger partial charge on any atom is -0.384 e. The van der Waals surface area contributed by atoms with E-state index in [4.69, 9.17) is 4.74 Å². The van der Waals surface area contributed by atoms with Crippen LogP contribution in [-0.4, -0.2) is 13.7 Å². The Morgan fingerprint density at radius 3 is 2.45 bits per heavy atom. The molecule has 0 aromatic carbocycles. The van der Waals surface area contributed by atoms with E-state index in [2.05, 4.69) is 13.8 Å². The van der Waals surface area contributed by atoms with Crippen molar-refractivity contribution in [2.24, 2.45) is 17.8 Å². The van der Waals surface area contributed by atoms with Gasteiger partial charge in [-0.2, -0.15) is 0 Å². The first-order chi connectivity index (χ1) is 5.27. The molecule has 0 spiro atoms.